The molecule has 2 atom stereocenters. The summed E-state index contributed by atoms with van der Waals surface area (Å²) in [5.41, 5.74) is 0.0106. The quantitative estimate of drug-likeness (QED) is 0.909. The van der Waals surface area contributed by atoms with Gasteiger partial charge < -0.3 is 9.73 Å². The Hall–Kier alpha value is -1.29. The van der Waals surface area contributed by atoms with Gasteiger partial charge in [0.25, 0.3) is 0 Å². The molecule has 1 spiro atoms. The fourth-order valence-corrected chi connectivity index (χ4v) is 3.89. The minimum atomic E-state index is 0.0106. The zero-order valence-corrected chi connectivity index (χ0v) is 11.5. The number of nitrogens with zero attached hydrogens (tertiary/aromatic N) is 1. The Morgan fingerprint density at radius 2 is 2.42 bits per heavy atom. The predicted octanol–water partition coefficient (Wildman–Crippen LogP) is 2.30. The maximum Gasteiger partial charge on any atom is 0.220 e. The molecule has 19 heavy (non-hydrogen) atoms. The lowest BCUT2D eigenvalue weighted by molar-refractivity contribution is -0.120. The minimum absolute atomic E-state index is 0.0106. The van der Waals surface area contributed by atoms with E-state index >= 15 is 0 Å². The second kappa shape index (κ2) is 5.00. The number of carbonyl (C=O) groups is 1. The fraction of sp³-hybridized carbons (Fsp3) is 0.667. The van der Waals surface area contributed by atoms with Gasteiger partial charge in [-0.3, -0.25) is 9.69 Å². The van der Waals surface area contributed by atoms with Gasteiger partial charge in [-0.1, -0.05) is 6.92 Å². The maximum absolute atomic E-state index is 11.7. The summed E-state index contributed by atoms with van der Waals surface area (Å²) in [5, 5.41) is 3.27. The van der Waals surface area contributed by atoms with Crippen LogP contribution >= 0.6 is 0 Å². The van der Waals surface area contributed by atoms with Gasteiger partial charge in [0.05, 0.1) is 18.3 Å². The van der Waals surface area contributed by atoms with Crippen molar-refractivity contribution in [2.45, 2.75) is 57.2 Å². The lowest BCUT2D eigenvalue weighted by atomic mass is 9.78. The molecule has 1 amide bonds. The van der Waals surface area contributed by atoms with E-state index in [2.05, 4.69) is 17.1 Å². The van der Waals surface area contributed by atoms with E-state index in [-0.39, 0.29) is 11.4 Å². The number of nitrogens with one attached hydrogen (secondary N) is 1. The van der Waals surface area contributed by atoms with Crippen molar-refractivity contribution in [3.8, 4) is 0 Å². The van der Waals surface area contributed by atoms with Gasteiger partial charge in [0.1, 0.15) is 5.76 Å². The molecule has 1 aromatic rings. The highest BCUT2D eigenvalue weighted by Crippen LogP contribution is 2.37. The zero-order chi connectivity index (χ0) is 13.3. The Bertz CT molecular complexity index is 443. The molecule has 0 bridgehead atoms. The molecular formula is C15H22N2O2. The van der Waals surface area contributed by atoms with Crippen molar-refractivity contribution in [3.63, 3.8) is 0 Å². The van der Waals surface area contributed by atoms with Crippen molar-refractivity contribution in [2.24, 2.45) is 0 Å². The first-order chi connectivity index (χ1) is 9.23. The van der Waals surface area contributed by atoms with E-state index in [1.54, 1.807) is 6.26 Å². The number of carbonyl (C=O) groups excluding carboxylic acids is 1. The van der Waals surface area contributed by atoms with Gasteiger partial charge in [0.2, 0.25) is 5.91 Å². The number of hydrogen-bond acceptors (Lipinski definition) is 3. The highest BCUT2D eigenvalue weighted by Gasteiger charge is 2.47. The first-order valence-corrected chi connectivity index (χ1v) is 7.31. The summed E-state index contributed by atoms with van der Waals surface area (Å²) in [6.45, 7) is 4.16. The molecule has 2 fully saturated rings. The van der Waals surface area contributed by atoms with Crippen molar-refractivity contribution >= 4 is 5.91 Å². The van der Waals surface area contributed by atoms with Crippen LogP contribution in [0.1, 0.15) is 44.8 Å². The molecule has 1 aromatic heterocycles. The second-order valence-corrected chi connectivity index (χ2v) is 5.78. The Morgan fingerprint density at radius 3 is 3.05 bits per heavy atom. The van der Waals surface area contributed by atoms with Gasteiger partial charge in [-0.25, -0.2) is 0 Å². The summed E-state index contributed by atoms with van der Waals surface area (Å²) >= 11 is 0. The van der Waals surface area contributed by atoms with Gasteiger partial charge in [-0.15, -0.1) is 0 Å². The lowest BCUT2D eigenvalue weighted by Gasteiger charge is -2.47. The first kappa shape index (κ1) is 12.7. The fourth-order valence-electron chi connectivity index (χ4n) is 3.89. The maximum atomic E-state index is 11.7. The van der Waals surface area contributed by atoms with Gasteiger partial charge in [0, 0.05) is 12.5 Å². The summed E-state index contributed by atoms with van der Waals surface area (Å²) in [6, 6.07) is 4.40. The van der Waals surface area contributed by atoms with Crippen LogP contribution in [0, 0.1) is 0 Å². The van der Waals surface area contributed by atoms with Crippen LogP contribution in [0.3, 0.4) is 0 Å². The number of rotatable bonds is 3. The van der Waals surface area contributed by atoms with Gasteiger partial charge in [0.15, 0.2) is 0 Å². The Kier molecular flexibility index (Phi) is 3.35. The molecule has 2 saturated heterocycles. The molecule has 3 heterocycles. The molecule has 1 N–H and O–H groups in total. The molecule has 4 nitrogen and oxygen atoms in total. The lowest BCUT2D eigenvalue weighted by Crippen LogP contribution is -2.61. The van der Waals surface area contributed by atoms with Crippen molar-refractivity contribution in [1.29, 1.82) is 0 Å². The van der Waals surface area contributed by atoms with Crippen LogP contribution in [-0.4, -0.2) is 28.9 Å². The van der Waals surface area contributed by atoms with Gasteiger partial charge in [-0.2, -0.15) is 0 Å². The van der Waals surface area contributed by atoms with Crippen molar-refractivity contribution in [2.75, 3.05) is 6.54 Å². The summed E-state index contributed by atoms with van der Waals surface area (Å²) in [4.78, 5) is 14.1. The zero-order valence-electron chi connectivity index (χ0n) is 11.5. The summed E-state index contributed by atoms with van der Waals surface area (Å²) < 4.78 is 5.47. The van der Waals surface area contributed by atoms with Crippen LogP contribution in [0.2, 0.25) is 0 Å². The third-order valence-electron chi connectivity index (χ3n) is 4.66. The van der Waals surface area contributed by atoms with Crippen LogP contribution < -0.4 is 5.32 Å². The van der Waals surface area contributed by atoms with E-state index in [1.165, 1.54) is 0 Å². The van der Waals surface area contributed by atoms with Crippen molar-refractivity contribution in [1.82, 2.24) is 10.2 Å². The minimum Gasteiger partial charge on any atom is -0.468 e. The monoisotopic (exact) mass is 262 g/mol. The van der Waals surface area contributed by atoms with E-state index in [0.29, 0.717) is 12.5 Å². The van der Waals surface area contributed by atoms with Crippen LogP contribution in [0.4, 0.5) is 0 Å². The van der Waals surface area contributed by atoms with Gasteiger partial charge >= 0.3 is 0 Å². The third-order valence-corrected chi connectivity index (χ3v) is 4.66. The number of likely N-dealkylation sites (tertiary alicyclic amines) is 1. The normalized spacial score (nSPS) is 31.8. The molecular weight excluding hydrogens is 240 g/mol. The van der Waals surface area contributed by atoms with Crippen LogP contribution in [0.15, 0.2) is 22.8 Å². The molecule has 4 heteroatoms. The van der Waals surface area contributed by atoms with Crippen LogP contribution in [0.25, 0.3) is 0 Å². The van der Waals surface area contributed by atoms with E-state index < -0.39 is 0 Å². The molecule has 0 aromatic carbocycles. The van der Waals surface area contributed by atoms with E-state index in [4.69, 9.17) is 4.42 Å². The van der Waals surface area contributed by atoms with E-state index in [1.807, 2.05) is 12.1 Å². The number of hydrogen-bond donors (Lipinski definition) is 1. The smallest absolute Gasteiger partial charge is 0.220 e. The Balaban J connectivity index is 1.78. The molecule has 0 saturated carbocycles. The largest absolute Gasteiger partial charge is 0.468 e. The molecule has 2 aliphatic heterocycles. The van der Waals surface area contributed by atoms with Crippen molar-refractivity contribution < 1.29 is 9.21 Å². The number of amides is 1. The average molecular weight is 262 g/mol. The highest BCUT2D eigenvalue weighted by molar-refractivity contribution is 5.79. The summed E-state index contributed by atoms with van der Waals surface area (Å²) in [6.07, 6.45) is 6.74. The molecule has 0 aliphatic carbocycles. The van der Waals surface area contributed by atoms with Crippen LogP contribution in [0.5, 0.6) is 0 Å². The van der Waals surface area contributed by atoms with E-state index in [0.717, 1.165) is 44.5 Å². The van der Waals surface area contributed by atoms with Gasteiger partial charge in [-0.05, 0) is 44.4 Å². The van der Waals surface area contributed by atoms with E-state index in [9.17, 15) is 4.79 Å². The average Bonchev–Trinajstić information content (AvgIpc) is 3.01. The summed E-state index contributed by atoms with van der Waals surface area (Å²) in [5.74, 6) is 1.23. The highest BCUT2D eigenvalue weighted by atomic mass is 16.3. The van der Waals surface area contributed by atoms with Crippen molar-refractivity contribution in [3.05, 3.63) is 24.2 Å². The Labute approximate surface area is 114 Å². The topological polar surface area (TPSA) is 45.5 Å². The standard InChI is InChI=1S/C15H22N2O2/c1-2-13-15(8-6-14(18)16-15)7-4-9-17(13)11-12-5-3-10-19-12/h3,5,10,13H,2,4,6-9,11H2,1H3,(H,16,18)/t13-,15-/m0/s1. The molecule has 3 rings (SSSR count). The first-order valence-electron chi connectivity index (χ1n) is 7.31. The molecule has 2 aliphatic rings. The second-order valence-electron chi connectivity index (χ2n) is 5.78. The molecule has 0 radical (unpaired) electrons. The summed E-state index contributed by atoms with van der Waals surface area (Å²) in [7, 11) is 0. The molecule has 104 valence electrons. The Morgan fingerprint density at radius 1 is 1.53 bits per heavy atom. The predicted molar refractivity (Wildman–Crippen MR) is 72.5 cm³/mol. The number of furan rings is 1. The van der Waals surface area contributed by atoms with Crippen LogP contribution in [-0.2, 0) is 11.3 Å². The number of piperidine rings is 1. The third kappa shape index (κ3) is 2.29. The SMILES string of the molecule is CC[C@@H]1N(Cc2ccco2)CCC[C@]12CCC(=O)N2. The molecule has 0 unspecified atom stereocenters.